The van der Waals surface area contributed by atoms with Crippen LogP contribution in [0.15, 0.2) is 48.0 Å². The molecule has 0 saturated heterocycles. The number of nitrogens with zero attached hydrogens (tertiary/aromatic N) is 3. The SMILES string of the molecule is CC(C)N(c1ccc(Oc2ncc(CSc3ncc[nH]3)cc2C(F)(F)F)cc1C(=O)O)C(=O)[C@H]1CC[C@H](C)CC1. The summed E-state index contributed by atoms with van der Waals surface area (Å²) in [5, 5.41) is 10.5. The largest absolute Gasteiger partial charge is 0.478 e. The van der Waals surface area contributed by atoms with Crippen molar-refractivity contribution < 1.29 is 32.6 Å². The zero-order chi connectivity index (χ0) is 29.0. The number of pyridine rings is 1. The molecule has 0 aliphatic heterocycles. The number of imidazole rings is 1. The summed E-state index contributed by atoms with van der Waals surface area (Å²) in [6, 6.07) is 4.52. The van der Waals surface area contributed by atoms with Gasteiger partial charge in [-0.25, -0.2) is 14.8 Å². The van der Waals surface area contributed by atoms with Crippen LogP contribution in [0.1, 0.15) is 67.9 Å². The quantitative estimate of drug-likeness (QED) is 0.260. The van der Waals surface area contributed by atoms with E-state index >= 15 is 0 Å². The van der Waals surface area contributed by atoms with Gasteiger partial charge in [0, 0.05) is 36.3 Å². The standard InChI is InChI=1S/C28H31F3N4O4S/c1-16(2)35(25(36)19-6-4-17(3)5-7-19)23-9-8-20(13-21(23)26(37)38)39-24-22(28(29,30)31)12-18(14-34-24)15-40-27-32-10-11-33-27/h8-14,16-17,19H,4-7,15H2,1-3H3,(H,32,33)(H,37,38)/t17-,19-. The van der Waals surface area contributed by atoms with Gasteiger partial charge >= 0.3 is 12.1 Å². The molecule has 1 saturated carbocycles. The number of rotatable bonds is 9. The van der Waals surface area contributed by atoms with E-state index in [2.05, 4.69) is 21.9 Å². The Morgan fingerprint density at radius 1 is 1.18 bits per heavy atom. The normalized spacial score (nSPS) is 17.6. The number of aromatic amines is 1. The van der Waals surface area contributed by atoms with Crippen molar-refractivity contribution in [2.75, 3.05) is 4.90 Å². The van der Waals surface area contributed by atoms with Crippen LogP contribution in [0.4, 0.5) is 18.9 Å². The van der Waals surface area contributed by atoms with E-state index in [4.69, 9.17) is 4.74 Å². The Labute approximate surface area is 234 Å². The number of H-pyrrole nitrogens is 1. The summed E-state index contributed by atoms with van der Waals surface area (Å²) in [5.41, 5.74) is -0.848. The first-order chi connectivity index (χ1) is 18.9. The van der Waals surface area contributed by atoms with Gasteiger partial charge in [-0.05, 0) is 75.3 Å². The molecule has 8 nitrogen and oxygen atoms in total. The second-order valence-electron chi connectivity index (χ2n) is 10.2. The molecule has 4 rings (SSSR count). The van der Waals surface area contributed by atoms with Crippen LogP contribution in [-0.2, 0) is 16.7 Å². The Hall–Kier alpha value is -3.54. The lowest BCUT2D eigenvalue weighted by Gasteiger charge is -2.34. The molecule has 1 aliphatic carbocycles. The first-order valence-electron chi connectivity index (χ1n) is 13.0. The Bertz CT molecular complexity index is 1340. The predicted octanol–water partition coefficient (Wildman–Crippen LogP) is 7.17. The third kappa shape index (κ3) is 6.96. The highest BCUT2D eigenvalue weighted by atomic mass is 32.2. The summed E-state index contributed by atoms with van der Waals surface area (Å²) in [5.74, 6) is -1.79. The van der Waals surface area contributed by atoms with Gasteiger partial charge in [-0.1, -0.05) is 18.7 Å². The Morgan fingerprint density at radius 2 is 1.90 bits per heavy atom. The molecule has 1 aliphatic rings. The fraction of sp³-hybridized carbons (Fsp3) is 0.429. The van der Waals surface area contributed by atoms with Crippen molar-refractivity contribution in [1.29, 1.82) is 0 Å². The molecular formula is C28H31F3N4O4S. The topological polar surface area (TPSA) is 108 Å². The number of halogens is 3. The first kappa shape index (κ1) is 29.4. The summed E-state index contributed by atoms with van der Waals surface area (Å²) in [4.78, 5) is 38.0. The van der Waals surface area contributed by atoms with Crippen LogP contribution in [-0.4, -0.2) is 38.0 Å². The smallest absolute Gasteiger partial charge is 0.421 e. The van der Waals surface area contributed by atoms with Crippen molar-refractivity contribution in [3.8, 4) is 11.6 Å². The molecule has 2 aromatic heterocycles. The van der Waals surface area contributed by atoms with E-state index < -0.39 is 23.6 Å². The number of carbonyl (C=O) groups excluding carboxylic acids is 1. The molecule has 3 aromatic rings. The van der Waals surface area contributed by atoms with Gasteiger partial charge in [0.2, 0.25) is 11.8 Å². The maximum Gasteiger partial charge on any atom is 0.421 e. The fourth-order valence-electron chi connectivity index (χ4n) is 4.77. The Balaban J connectivity index is 1.61. The van der Waals surface area contributed by atoms with E-state index in [1.54, 1.807) is 26.2 Å². The third-order valence-electron chi connectivity index (χ3n) is 6.85. The maximum atomic E-state index is 13.9. The number of hydrogen-bond donors (Lipinski definition) is 2. The molecule has 1 amide bonds. The number of hydrogen-bond acceptors (Lipinski definition) is 6. The molecule has 2 heterocycles. The number of amides is 1. The number of aromatic nitrogens is 3. The van der Waals surface area contributed by atoms with E-state index in [-0.39, 0.29) is 40.6 Å². The van der Waals surface area contributed by atoms with E-state index in [1.807, 2.05) is 0 Å². The average Bonchev–Trinajstić information content (AvgIpc) is 3.42. The average molecular weight is 577 g/mol. The Kier molecular flexibility index (Phi) is 9.07. The van der Waals surface area contributed by atoms with Crippen molar-refractivity contribution in [3.63, 3.8) is 0 Å². The molecule has 0 radical (unpaired) electrons. The number of carboxylic acid groups (broad SMARTS) is 1. The molecule has 2 N–H and O–H groups in total. The summed E-state index contributed by atoms with van der Waals surface area (Å²) < 4.78 is 47.2. The van der Waals surface area contributed by atoms with Gasteiger partial charge in [0.1, 0.15) is 11.3 Å². The second kappa shape index (κ2) is 12.3. The number of carboxylic acids is 1. The highest BCUT2D eigenvalue weighted by molar-refractivity contribution is 7.98. The number of carbonyl (C=O) groups is 2. The number of nitrogens with one attached hydrogen (secondary N) is 1. The van der Waals surface area contributed by atoms with Gasteiger partial charge in [-0.2, -0.15) is 13.2 Å². The monoisotopic (exact) mass is 576 g/mol. The molecule has 1 aromatic carbocycles. The number of ether oxygens (including phenoxy) is 1. The third-order valence-corrected chi connectivity index (χ3v) is 7.83. The zero-order valence-electron chi connectivity index (χ0n) is 22.4. The van der Waals surface area contributed by atoms with Crippen LogP contribution in [0.3, 0.4) is 0 Å². The lowest BCUT2D eigenvalue weighted by Crippen LogP contribution is -2.42. The van der Waals surface area contributed by atoms with Crippen molar-refractivity contribution in [2.45, 2.75) is 69.6 Å². The predicted molar refractivity (Wildman–Crippen MR) is 145 cm³/mol. The van der Waals surface area contributed by atoms with Gasteiger partial charge in [0.15, 0.2) is 5.16 Å². The summed E-state index contributed by atoms with van der Waals surface area (Å²) in [6.45, 7) is 5.74. The van der Waals surface area contributed by atoms with Gasteiger partial charge in [-0.15, -0.1) is 0 Å². The van der Waals surface area contributed by atoms with Crippen LogP contribution in [0.25, 0.3) is 0 Å². The van der Waals surface area contributed by atoms with E-state index in [0.29, 0.717) is 16.6 Å². The first-order valence-corrected chi connectivity index (χ1v) is 14.0. The van der Waals surface area contributed by atoms with Gasteiger partial charge in [-0.3, -0.25) is 4.79 Å². The second-order valence-corrected chi connectivity index (χ2v) is 11.2. The highest BCUT2D eigenvalue weighted by Crippen LogP contribution is 2.39. The molecule has 1 fully saturated rings. The van der Waals surface area contributed by atoms with Crippen LogP contribution in [0, 0.1) is 11.8 Å². The Morgan fingerprint density at radius 3 is 2.50 bits per heavy atom. The molecule has 40 heavy (non-hydrogen) atoms. The minimum absolute atomic E-state index is 0.139. The highest BCUT2D eigenvalue weighted by Gasteiger charge is 2.36. The van der Waals surface area contributed by atoms with Crippen molar-refractivity contribution in [3.05, 3.63) is 59.5 Å². The molecular weight excluding hydrogens is 545 g/mol. The van der Waals surface area contributed by atoms with Crippen molar-refractivity contribution in [2.24, 2.45) is 11.8 Å². The summed E-state index contributed by atoms with van der Waals surface area (Å²) >= 11 is 1.22. The lowest BCUT2D eigenvalue weighted by atomic mass is 9.82. The molecule has 0 unspecified atom stereocenters. The van der Waals surface area contributed by atoms with Crippen molar-refractivity contribution in [1.82, 2.24) is 15.0 Å². The molecule has 12 heteroatoms. The van der Waals surface area contributed by atoms with Crippen molar-refractivity contribution >= 4 is 29.3 Å². The molecule has 0 atom stereocenters. The zero-order valence-corrected chi connectivity index (χ0v) is 23.2. The van der Waals surface area contributed by atoms with E-state index in [0.717, 1.165) is 37.8 Å². The van der Waals surface area contributed by atoms with Gasteiger partial charge in [0.25, 0.3) is 0 Å². The lowest BCUT2D eigenvalue weighted by molar-refractivity contribution is -0.139. The summed E-state index contributed by atoms with van der Waals surface area (Å²) in [6.07, 6.45) is 2.98. The molecule has 214 valence electrons. The molecule has 0 bridgehead atoms. The minimum Gasteiger partial charge on any atom is -0.478 e. The number of anilines is 1. The number of alkyl halides is 3. The number of thioether (sulfide) groups is 1. The molecule has 0 spiro atoms. The van der Waals surface area contributed by atoms with E-state index in [1.165, 1.54) is 35.0 Å². The number of aromatic carboxylic acids is 1. The maximum absolute atomic E-state index is 13.9. The van der Waals surface area contributed by atoms with Crippen LogP contribution in [0.5, 0.6) is 11.6 Å². The van der Waals surface area contributed by atoms with Crippen LogP contribution >= 0.6 is 11.8 Å². The number of benzene rings is 1. The van der Waals surface area contributed by atoms with Gasteiger partial charge in [0.05, 0.1) is 11.3 Å². The van der Waals surface area contributed by atoms with Crippen LogP contribution in [0.2, 0.25) is 0 Å². The minimum atomic E-state index is -4.76. The van der Waals surface area contributed by atoms with Crippen LogP contribution < -0.4 is 9.64 Å². The fourth-order valence-corrected chi connectivity index (χ4v) is 5.52. The van der Waals surface area contributed by atoms with E-state index in [9.17, 15) is 27.9 Å². The van der Waals surface area contributed by atoms with Gasteiger partial charge < -0.3 is 19.7 Å². The summed E-state index contributed by atoms with van der Waals surface area (Å²) in [7, 11) is 0.